The minimum Gasteiger partial charge on any atom is -0.493 e. The van der Waals surface area contributed by atoms with Gasteiger partial charge in [-0.1, -0.05) is 39.8 Å². The van der Waals surface area contributed by atoms with Gasteiger partial charge in [0.2, 0.25) is 6.54 Å². The Morgan fingerprint density at radius 3 is 2.65 bits per heavy atom. The number of methoxy groups -OCH3 is 1. The lowest BCUT2D eigenvalue weighted by molar-refractivity contribution is -0.479. The molecule has 0 aliphatic rings. The summed E-state index contributed by atoms with van der Waals surface area (Å²) in [5.41, 5.74) is 2.73. The Kier molecular flexibility index (Phi) is 7.55. The minimum absolute atomic E-state index is 0.292. The molecule has 3 aromatic rings. The van der Waals surface area contributed by atoms with Crippen molar-refractivity contribution in [2.45, 2.75) is 31.2 Å². The molecule has 1 heterocycles. The Bertz CT molecular complexity index is 1090. The molecule has 0 saturated heterocycles. The van der Waals surface area contributed by atoms with Gasteiger partial charge < -0.3 is 9.47 Å². The van der Waals surface area contributed by atoms with Gasteiger partial charge in [0.05, 0.1) is 13.7 Å². The Morgan fingerprint density at radius 1 is 1.23 bits per heavy atom. The molecule has 0 amide bonds. The number of ether oxygens (including phenoxy) is 2. The van der Waals surface area contributed by atoms with Crippen molar-refractivity contribution in [3.05, 3.63) is 67.9 Å². The predicted octanol–water partition coefficient (Wildman–Crippen LogP) is 5.16. The van der Waals surface area contributed by atoms with E-state index in [1.807, 2.05) is 49.6 Å². The van der Waals surface area contributed by atoms with Gasteiger partial charge in [-0.3, -0.25) is 14.7 Å². The van der Waals surface area contributed by atoms with Gasteiger partial charge in [0.15, 0.2) is 16.7 Å². The maximum Gasteiger partial charge on any atom is 0.220 e. The van der Waals surface area contributed by atoms with Crippen molar-refractivity contribution in [1.82, 2.24) is 14.8 Å². The highest BCUT2D eigenvalue weighted by molar-refractivity contribution is 9.10. The molecule has 164 valence electrons. The summed E-state index contributed by atoms with van der Waals surface area (Å²) in [6, 6.07) is 11.5. The topological polar surface area (TPSA) is 92.3 Å². The van der Waals surface area contributed by atoms with Crippen molar-refractivity contribution < 1.29 is 14.4 Å². The first-order valence-corrected chi connectivity index (χ1v) is 11.3. The second-order valence-corrected chi connectivity index (χ2v) is 8.81. The highest BCUT2D eigenvalue weighted by Gasteiger charge is 2.27. The van der Waals surface area contributed by atoms with Crippen molar-refractivity contribution >= 4 is 27.7 Å². The molecule has 0 aliphatic heterocycles. The molecule has 0 N–H and O–H groups in total. The van der Waals surface area contributed by atoms with Crippen LogP contribution in [0.5, 0.6) is 11.5 Å². The molecule has 0 saturated carbocycles. The molecule has 0 radical (unpaired) electrons. The fourth-order valence-corrected chi connectivity index (χ4v) is 5.12. The molecule has 8 nitrogen and oxygen atoms in total. The molecule has 2 aromatic carbocycles. The number of halogens is 1. The van der Waals surface area contributed by atoms with Crippen LogP contribution in [-0.2, 0) is 0 Å². The van der Waals surface area contributed by atoms with E-state index in [9.17, 15) is 10.1 Å². The maximum atomic E-state index is 11.5. The molecule has 10 heteroatoms. The van der Waals surface area contributed by atoms with Gasteiger partial charge in [0.1, 0.15) is 11.1 Å². The largest absolute Gasteiger partial charge is 0.493 e. The van der Waals surface area contributed by atoms with Crippen molar-refractivity contribution in [3.8, 4) is 17.2 Å². The third kappa shape index (κ3) is 5.37. The van der Waals surface area contributed by atoms with Crippen LogP contribution in [-0.4, -0.2) is 39.9 Å². The first kappa shape index (κ1) is 23.1. The van der Waals surface area contributed by atoms with Crippen LogP contribution in [0.1, 0.15) is 29.1 Å². The van der Waals surface area contributed by atoms with Crippen LogP contribution in [0.4, 0.5) is 0 Å². The van der Waals surface area contributed by atoms with Crippen molar-refractivity contribution in [2.75, 3.05) is 20.3 Å². The van der Waals surface area contributed by atoms with E-state index < -0.39 is 5.25 Å². The number of thioether (sulfide) groups is 1. The normalized spacial score (nSPS) is 11.9. The fraction of sp³-hybridized carbons (Fsp3) is 0.333. The Labute approximate surface area is 193 Å². The number of nitro groups is 1. The summed E-state index contributed by atoms with van der Waals surface area (Å²) in [7, 11) is 1.54. The summed E-state index contributed by atoms with van der Waals surface area (Å²) in [4.78, 5) is 11.2. The van der Waals surface area contributed by atoms with Gasteiger partial charge in [-0.2, -0.15) is 0 Å². The van der Waals surface area contributed by atoms with E-state index in [2.05, 4.69) is 26.1 Å². The maximum absolute atomic E-state index is 11.5. The Balaban J connectivity index is 2.04. The predicted molar refractivity (Wildman–Crippen MR) is 123 cm³/mol. The van der Waals surface area contributed by atoms with E-state index in [0.29, 0.717) is 33.6 Å². The molecule has 1 aromatic heterocycles. The number of nitrogens with zero attached hydrogens (tertiary/aromatic N) is 4. The molecular weight excluding hydrogens is 484 g/mol. The lowest BCUT2D eigenvalue weighted by atomic mass is 10.1. The van der Waals surface area contributed by atoms with E-state index >= 15 is 0 Å². The molecule has 3 rings (SSSR count). The first-order chi connectivity index (χ1) is 14.8. The summed E-state index contributed by atoms with van der Waals surface area (Å²) >= 11 is 4.84. The van der Waals surface area contributed by atoms with Gasteiger partial charge in [0, 0.05) is 15.1 Å². The SMILES string of the molecule is CCOc1cc(Br)c([C@H](C[N+](=O)[O-])Sc2nnc(C)n2-c2cccc(C)c2)cc1OC. The molecule has 0 aliphatic carbocycles. The van der Waals surface area contributed by atoms with E-state index in [4.69, 9.17) is 9.47 Å². The second kappa shape index (κ2) is 10.1. The number of rotatable bonds is 9. The molecule has 0 fully saturated rings. The first-order valence-electron chi connectivity index (χ1n) is 9.61. The molecule has 0 bridgehead atoms. The summed E-state index contributed by atoms with van der Waals surface area (Å²) in [6.45, 7) is 5.94. The molecular formula is C21H23BrN4O4S. The third-order valence-electron chi connectivity index (χ3n) is 4.55. The van der Waals surface area contributed by atoms with Crippen LogP contribution in [0.2, 0.25) is 0 Å². The smallest absolute Gasteiger partial charge is 0.220 e. The molecule has 1 atom stereocenters. The van der Waals surface area contributed by atoms with Crippen LogP contribution >= 0.6 is 27.7 Å². The zero-order chi connectivity index (χ0) is 22.5. The van der Waals surface area contributed by atoms with E-state index in [0.717, 1.165) is 16.8 Å². The number of hydrogen-bond acceptors (Lipinski definition) is 7. The van der Waals surface area contributed by atoms with E-state index in [1.165, 1.54) is 11.8 Å². The second-order valence-electron chi connectivity index (χ2n) is 6.78. The fourth-order valence-electron chi connectivity index (χ4n) is 3.17. The minimum atomic E-state index is -0.527. The van der Waals surface area contributed by atoms with Crippen LogP contribution < -0.4 is 9.47 Å². The lowest BCUT2D eigenvalue weighted by Crippen LogP contribution is -2.12. The standard InChI is InChI=1S/C21H23BrN4O4S/c1-5-30-19-11-17(22)16(10-18(19)29-4)20(12-25(27)28)31-21-24-23-14(3)26(21)15-8-6-7-13(2)9-15/h6-11,20H,5,12H2,1-4H3/t20-/m0/s1. The molecule has 0 unspecified atom stereocenters. The number of benzene rings is 2. The summed E-state index contributed by atoms with van der Waals surface area (Å²) in [5.74, 6) is 1.80. The zero-order valence-corrected chi connectivity index (χ0v) is 20.1. The summed E-state index contributed by atoms with van der Waals surface area (Å²) < 4.78 is 13.7. The van der Waals surface area contributed by atoms with Crippen LogP contribution in [0.15, 0.2) is 46.0 Å². The van der Waals surface area contributed by atoms with Gasteiger partial charge in [-0.25, -0.2) is 0 Å². The van der Waals surface area contributed by atoms with Crippen LogP contribution in [0, 0.1) is 24.0 Å². The molecule has 0 spiro atoms. The monoisotopic (exact) mass is 506 g/mol. The van der Waals surface area contributed by atoms with Gasteiger partial charge >= 0.3 is 0 Å². The Morgan fingerprint density at radius 2 is 2.00 bits per heavy atom. The quantitative estimate of drug-likeness (QED) is 0.224. The third-order valence-corrected chi connectivity index (χ3v) is 6.40. The van der Waals surface area contributed by atoms with Crippen LogP contribution in [0.3, 0.4) is 0 Å². The number of aromatic nitrogens is 3. The van der Waals surface area contributed by atoms with E-state index in [-0.39, 0.29) is 11.5 Å². The number of aryl methyl sites for hydroxylation is 2. The van der Waals surface area contributed by atoms with E-state index in [1.54, 1.807) is 19.2 Å². The Hall–Kier alpha value is -2.59. The average Bonchev–Trinajstić information content (AvgIpc) is 3.07. The van der Waals surface area contributed by atoms with Crippen molar-refractivity contribution in [1.29, 1.82) is 0 Å². The number of hydrogen-bond donors (Lipinski definition) is 0. The van der Waals surface area contributed by atoms with Crippen molar-refractivity contribution in [3.63, 3.8) is 0 Å². The zero-order valence-electron chi connectivity index (χ0n) is 17.7. The van der Waals surface area contributed by atoms with Gasteiger partial charge in [0.25, 0.3) is 0 Å². The summed E-state index contributed by atoms with van der Waals surface area (Å²) in [6.07, 6.45) is 0. The lowest BCUT2D eigenvalue weighted by Gasteiger charge is -2.18. The highest BCUT2D eigenvalue weighted by Crippen LogP contribution is 2.43. The van der Waals surface area contributed by atoms with Gasteiger partial charge in [-0.15, -0.1) is 10.2 Å². The average molecular weight is 507 g/mol. The highest BCUT2D eigenvalue weighted by atomic mass is 79.9. The van der Waals surface area contributed by atoms with Crippen LogP contribution in [0.25, 0.3) is 5.69 Å². The summed E-state index contributed by atoms with van der Waals surface area (Å²) in [5, 5.41) is 20.0. The van der Waals surface area contributed by atoms with Crippen molar-refractivity contribution in [2.24, 2.45) is 0 Å². The molecule has 31 heavy (non-hydrogen) atoms. The van der Waals surface area contributed by atoms with Gasteiger partial charge in [-0.05, 0) is 56.2 Å².